The molecule has 1 aliphatic heterocycles. The molecule has 7 nitrogen and oxygen atoms in total. The first-order valence-electron chi connectivity index (χ1n) is 9.60. The number of hydrogen-bond donors (Lipinski definition) is 2. The van der Waals surface area contributed by atoms with E-state index in [4.69, 9.17) is 0 Å². The number of nitrogens with zero attached hydrogens (tertiary/aromatic N) is 4. The number of carbonyl (C=O) groups excluding carboxylic acids is 1. The summed E-state index contributed by atoms with van der Waals surface area (Å²) in [4.78, 5) is 21.8. The van der Waals surface area contributed by atoms with E-state index in [0.717, 1.165) is 17.7 Å². The summed E-state index contributed by atoms with van der Waals surface area (Å²) in [7, 11) is 0. The van der Waals surface area contributed by atoms with Crippen molar-refractivity contribution in [1.29, 1.82) is 0 Å². The van der Waals surface area contributed by atoms with Crippen LogP contribution in [0.4, 0.5) is 16.0 Å². The molecular formula is C21H21FN6OS. The molecule has 1 aliphatic rings. The van der Waals surface area contributed by atoms with Gasteiger partial charge in [-0.1, -0.05) is 30.8 Å². The van der Waals surface area contributed by atoms with Gasteiger partial charge in [0.2, 0.25) is 11.1 Å². The van der Waals surface area contributed by atoms with E-state index in [1.807, 2.05) is 6.92 Å². The number of fused-ring (bicyclic) bond motifs is 1. The molecule has 3 aromatic rings. The molecule has 0 fully saturated rings. The molecule has 0 saturated heterocycles. The molecule has 0 aliphatic carbocycles. The number of thioether (sulfide) groups is 1. The minimum absolute atomic E-state index is 0.286. The van der Waals surface area contributed by atoms with E-state index in [1.165, 1.54) is 12.1 Å². The highest BCUT2D eigenvalue weighted by Crippen LogP contribution is 2.36. The first-order valence-corrected chi connectivity index (χ1v) is 10.6. The van der Waals surface area contributed by atoms with E-state index >= 15 is 0 Å². The van der Waals surface area contributed by atoms with Crippen LogP contribution < -0.4 is 10.6 Å². The summed E-state index contributed by atoms with van der Waals surface area (Å²) in [6, 6.07) is 9.08. The van der Waals surface area contributed by atoms with Gasteiger partial charge in [0.15, 0.2) is 0 Å². The summed E-state index contributed by atoms with van der Waals surface area (Å²) >= 11 is 1.56. The minimum Gasteiger partial charge on any atom is -0.328 e. The van der Waals surface area contributed by atoms with Gasteiger partial charge in [-0.15, -0.1) is 5.10 Å². The van der Waals surface area contributed by atoms with Crippen LogP contribution in [0.25, 0.3) is 0 Å². The van der Waals surface area contributed by atoms with Crippen LogP contribution in [-0.4, -0.2) is 31.4 Å². The normalized spacial score (nSPS) is 15.5. The third-order valence-electron chi connectivity index (χ3n) is 4.62. The number of benzene rings is 1. The zero-order valence-electron chi connectivity index (χ0n) is 16.6. The van der Waals surface area contributed by atoms with Gasteiger partial charge in [-0.3, -0.25) is 9.78 Å². The molecule has 0 spiro atoms. The predicted molar refractivity (Wildman–Crippen MR) is 115 cm³/mol. The van der Waals surface area contributed by atoms with Crippen LogP contribution in [0.1, 0.15) is 31.9 Å². The summed E-state index contributed by atoms with van der Waals surface area (Å²) in [5, 5.41) is 11.3. The Morgan fingerprint density at radius 2 is 2.10 bits per heavy atom. The van der Waals surface area contributed by atoms with E-state index in [9.17, 15) is 9.18 Å². The van der Waals surface area contributed by atoms with Crippen LogP contribution >= 0.6 is 11.8 Å². The van der Waals surface area contributed by atoms with Crippen molar-refractivity contribution in [2.75, 3.05) is 16.4 Å². The summed E-state index contributed by atoms with van der Waals surface area (Å²) in [6.45, 7) is 3.92. The molecule has 2 N–H and O–H groups in total. The highest BCUT2D eigenvalue weighted by atomic mass is 32.2. The van der Waals surface area contributed by atoms with Gasteiger partial charge in [0.05, 0.1) is 17.5 Å². The second-order valence-corrected chi connectivity index (χ2v) is 7.89. The van der Waals surface area contributed by atoms with Crippen molar-refractivity contribution >= 4 is 29.3 Å². The molecule has 9 heteroatoms. The van der Waals surface area contributed by atoms with E-state index in [-0.39, 0.29) is 11.7 Å². The molecule has 1 aromatic carbocycles. The number of rotatable bonds is 6. The quantitative estimate of drug-likeness (QED) is 0.576. The third-order valence-corrected chi connectivity index (χ3v) is 5.66. The molecule has 3 heterocycles. The predicted octanol–water partition coefficient (Wildman–Crippen LogP) is 4.24. The van der Waals surface area contributed by atoms with Gasteiger partial charge in [0, 0.05) is 17.6 Å². The van der Waals surface area contributed by atoms with Crippen LogP contribution in [-0.2, 0) is 4.79 Å². The van der Waals surface area contributed by atoms with Gasteiger partial charge in [0.25, 0.3) is 5.91 Å². The summed E-state index contributed by atoms with van der Waals surface area (Å²) in [5.41, 5.74) is 2.48. The smallest absolute Gasteiger partial charge is 0.255 e. The summed E-state index contributed by atoms with van der Waals surface area (Å²) in [6.07, 6.45) is 4.22. The average molecular weight is 425 g/mol. The van der Waals surface area contributed by atoms with Gasteiger partial charge < -0.3 is 10.6 Å². The van der Waals surface area contributed by atoms with Crippen molar-refractivity contribution in [3.63, 3.8) is 0 Å². The Hall–Kier alpha value is -3.20. The Morgan fingerprint density at radius 3 is 2.80 bits per heavy atom. The monoisotopic (exact) mass is 424 g/mol. The number of allylic oxidation sites excluding steroid dienone is 1. The Morgan fingerprint density at radius 1 is 1.30 bits per heavy atom. The zero-order valence-corrected chi connectivity index (χ0v) is 17.4. The molecule has 0 saturated carbocycles. The van der Waals surface area contributed by atoms with Crippen molar-refractivity contribution in [1.82, 2.24) is 19.7 Å². The number of aromatic nitrogens is 4. The lowest BCUT2D eigenvalue weighted by molar-refractivity contribution is -0.113. The van der Waals surface area contributed by atoms with Crippen LogP contribution in [0, 0.1) is 5.82 Å². The molecule has 2 aromatic heterocycles. The number of anilines is 2. The standard InChI is InChI=1S/C21H21FN6OS/c1-3-11-30-21-26-20-24-13(2)17(19(29)25-16-5-4-10-23-12-16)18(28(20)27-21)14-6-8-15(22)9-7-14/h4-10,12,18H,3,11H2,1-2H3,(H,25,29)(H,24,26,27). The third kappa shape index (κ3) is 4.06. The van der Waals surface area contributed by atoms with Crippen LogP contribution in [0.5, 0.6) is 0 Å². The van der Waals surface area contributed by atoms with Gasteiger partial charge >= 0.3 is 0 Å². The van der Waals surface area contributed by atoms with Crippen LogP contribution in [0.2, 0.25) is 0 Å². The highest BCUT2D eigenvalue weighted by molar-refractivity contribution is 7.99. The van der Waals surface area contributed by atoms with E-state index in [0.29, 0.717) is 28.1 Å². The fraction of sp³-hybridized carbons (Fsp3) is 0.238. The van der Waals surface area contributed by atoms with E-state index < -0.39 is 6.04 Å². The van der Waals surface area contributed by atoms with Crippen molar-refractivity contribution in [3.05, 3.63) is 71.4 Å². The number of hydrogen-bond acceptors (Lipinski definition) is 6. The van der Waals surface area contributed by atoms with Gasteiger partial charge in [-0.2, -0.15) is 4.98 Å². The first kappa shape index (κ1) is 20.1. The fourth-order valence-corrected chi connectivity index (χ4v) is 3.95. The molecule has 30 heavy (non-hydrogen) atoms. The van der Waals surface area contributed by atoms with Crippen molar-refractivity contribution < 1.29 is 9.18 Å². The van der Waals surface area contributed by atoms with E-state index in [2.05, 4.69) is 32.6 Å². The highest BCUT2D eigenvalue weighted by Gasteiger charge is 2.34. The van der Waals surface area contributed by atoms with Gasteiger partial charge in [0.1, 0.15) is 11.9 Å². The van der Waals surface area contributed by atoms with Gasteiger partial charge in [-0.25, -0.2) is 9.07 Å². The van der Waals surface area contributed by atoms with Crippen molar-refractivity contribution in [2.24, 2.45) is 0 Å². The van der Waals surface area contributed by atoms with Crippen LogP contribution in [0.15, 0.2) is 65.2 Å². The SMILES string of the molecule is CCCSc1nc2n(n1)C(c1ccc(F)cc1)C(C(=O)Nc1cccnc1)=C(C)N2. The van der Waals surface area contributed by atoms with Crippen LogP contribution in [0.3, 0.4) is 0 Å². The molecule has 154 valence electrons. The number of amides is 1. The first-order chi connectivity index (χ1) is 14.6. The fourth-order valence-electron chi connectivity index (χ4n) is 3.27. The molecule has 0 bridgehead atoms. The van der Waals surface area contributed by atoms with Crippen molar-refractivity contribution in [2.45, 2.75) is 31.5 Å². The maximum atomic E-state index is 13.6. The number of pyridine rings is 1. The Kier molecular flexibility index (Phi) is 5.80. The summed E-state index contributed by atoms with van der Waals surface area (Å²) < 4.78 is 15.3. The maximum absolute atomic E-state index is 13.6. The lowest BCUT2D eigenvalue weighted by atomic mass is 9.95. The summed E-state index contributed by atoms with van der Waals surface area (Å²) in [5.74, 6) is 0.822. The lowest BCUT2D eigenvalue weighted by Crippen LogP contribution is -2.31. The Labute approximate surface area is 177 Å². The second-order valence-electron chi connectivity index (χ2n) is 6.82. The minimum atomic E-state index is -0.540. The maximum Gasteiger partial charge on any atom is 0.255 e. The zero-order chi connectivity index (χ0) is 21.1. The van der Waals surface area contributed by atoms with Gasteiger partial charge in [-0.05, 0) is 43.2 Å². The number of carbonyl (C=O) groups is 1. The molecule has 1 unspecified atom stereocenters. The molecule has 0 radical (unpaired) electrons. The molecule has 4 rings (SSSR count). The molecule has 1 atom stereocenters. The number of halogens is 1. The molecular weight excluding hydrogens is 403 g/mol. The van der Waals surface area contributed by atoms with E-state index in [1.54, 1.807) is 53.1 Å². The molecule has 1 amide bonds. The number of nitrogens with one attached hydrogen (secondary N) is 2. The Bertz CT molecular complexity index is 1080. The Balaban J connectivity index is 1.75. The largest absolute Gasteiger partial charge is 0.328 e. The second kappa shape index (κ2) is 8.66. The lowest BCUT2D eigenvalue weighted by Gasteiger charge is -2.28. The van der Waals surface area contributed by atoms with Crippen molar-refractivity contribution in [3.8, 4) is 0 Å². The topological polar surface area (TPSA) is 84.7 Å². The average Bonchev–Trinajstić information content (AvgIpc) is 3.15.